The lowest BCUT2D eigenvalue weighted by Crippen LogP contribution is -2.47. The number of nitrogens with zero attached hydrogens (tertiary/aromatic N) is 1. The van der Waals surface area contributed by atoms with Crippen molar-refractivity contribution in [1.29, 1.82) is 0 Å². The van der Waals surface area contributed by atoms with Crippen LogP contribution in [0.3, 0.4) is 0 Å². The van der Waals surface area contributed by atoms with E-state index < -0.39 is 5.66 Å². The lowest BCUT2D eigenvalue weighted by Gasteiger charge is -2.17. The van der Waals surface area contributed by atoms with Crippen LogP contribution in [-0.4, -0.2) is 11.4 Å². The Kier molecular flexibility index (Phi) is 3.42. The molecule has 0 saturated heterocycles. The van der Waals surface area contributed by atoms with Gasteiger partial charge in [-0.25, -0.2) is 0 Å². The zero-order valence-corrected chi connectivity index (χ0v) is 7.52. The standard InChI is InChI=1S/C8H17N3/c1-6(2)11-7(3)5-8(4,9)10/h1,5,9-10H2,2-4H3/b11-7-. The summed E-state index contributed by atoms with van der Waals surface area (Å²) in [5.74, 6) is 0. The molecule has 64 valence electrons. The molecule has 0 fully saturated rings. The van der Waals surface area contributed by atoms with Gasteiger partial charge in [0.25, 0.3) is 0 Å². The van der Waals surface area contributed by atoms with Gasteiger partial charge < -0.3 is 11.5 Å². The lowest BCUT2D eigenvalue weighted by molar-refractivity contribution is 0.510. The summed E-state index contributed by atoms with van der Waals surface area (Å²) in [4.78, 5) is 4.12. The van der Waals surface area contributed by atoms with Crippen LogP contribution in [0.25, 0.3) is 0 Å². The van der Waals surface area contributed by atoms with Crippen molar-refractivity contribution < 1.29 is 0 Å². The Bertz CT molecular complexity index is 174. The second-order valence-corrected chi connectivity index (χ2v) is 3.26. The molecule has 0 aromatic rings. The van der Waals surface area contributed by atoms with E-state index in [4.69, 9.17) is 11.5 Å². The molecule has 0 aliphatic carbocycles. The minimum absolute atomic E-state index is 0.597. The summed E-state index contributed by atoms with van der Waals surface area (Å²) in [5.41, 5.74) is 12.2. The third kappa shape index (κ3) is 7.22. The van der Waals surface area contributed by atoms with Crippen molar-refractivity contribution in [3.63, 3.8) is 0 Å². The van der Waals surface area contributed by atoms with Gasteiger partial charge in [-0.2, -0.15) is 0 Å². The zero-order valence-electron chi connectivity index (χ0n) is 7.52. The van der Waals surface area contributed by atoms with Gasteiger partial charge in [-0.05, 0) is 20.8 Å². The maximum atomic E-state index is 5.58. The number of aliphatic imine (C=N–C) groups is 1. The highest BCUT2D eigenvalue weighted by Crippen LogP contribution is 2.01. The molecule has 4 N–H and O–H groups in total. The van der Waals surface area contributed by atoms with Crippen LogP contribution in [0.1, 0.15) is 27.2 Å². The van der Waals surface area contributed by atoms with E-state index in [1.807, 2.05) is 13.8 Å². The fraction of sp³-hybridized carbons (Fsp3) is 0.625. The van der Waals surface area contributed by atoms with Crippen molar-refractivity contribution in [2.24, 2.45) is 16.5 Å². The van der Waals surface area contributed by atoms with E-state index in [2.05, 4.69) is 11.6 Å². The molecule has 0 unspecified atom stereocenters. The second-order valence-electron chi connectivity index (χ2n) is 3.26. The van der Waals surface area contributed by atoms with Crippen LogP contribution in [0.15, 0.2) is 17.3 Å². The molecule has 11 heavy (non-hydrogen) atoms. The van der Waals surface area contributed by atoms with Gasteiger partial charge in [0.15, 0.2) is 0 Å². The molecule has 0 bridgehead atoms. The van der Waals surface area contributed by atoms with Crippen molar-refractivity contribution in [2.75, 3.05) is 0 Å². The summed E-state index contributed by atoms with van der Waals surface area (Å²) in [6.45, 7) is 9.16. The summed E-state index contributed by atoms with van der Waals surface area (Å²) in [7, 11) is 0. The summed E-state index contributed by atoms with van der Waals surface area (Å²) >= 11 is 0. The Morgan fingerprint density at radius 2 is 1.91 bits per heavy atom. The molecule has 0 saturated carbocycles. The molecule has 3 heteroatoms. The Morgan fingerprint density at radius 1 is 1.45 bits per heavy atom. The number of hydrogen-bond acceptors (Lipinski definition) is 3. The number of nitrogens with two attached hydrogens (primary N) is 2. The molecule has 0 amide bonds. The summed E-state index contributed by atoms with van der Waals surface area (Å²) in [6, 6.07) is 0. The Hall–Kier alpha value is -0.670. The van der Waals surface area contributed by atoms with Crippen molar-refractivity contribution in [1.82, 2.24) is 0 Å². The third-order valence-corrected chi connectivity index (χ3v) is 1.02. The quantitative estimate of drug-likeness (QED) is 0.472. The molecular formula is C8H17N3. The first kappa shape index (κ1) is 10.3. The fourth-order valence-electron chi connectivity index (χ4n) is 0.917. The maximum absolute atomic E-state index is 5.58. The molecule has 0 spiro atoms. The van der Waals surface area contributed by atoms with Gasteiger partial charge in [-0.1, -0.05) is 6.58 Å². The molecule has 0 radical (unpaired) electrons. The highest BCUT2D eigenvalue weighted by atomic mass is 14.9. The van der Waals surface area contributed by atoms with E-state index in [0.29, 0.717) is 6.42 Å². The van der Waals surface area contributed by atoms with Crippen LogP contribution in [-0.2, 0) is 0 Å². The van der Waals surface area contributed by atoms with Crippen molar-refractivity contribution in [2.45, 2.75) is 32.9 Å². The van der Waals surface area contributed by atoms with E-state index in [-0.39, 0.29) is 0 Å². The molecule has 0 atom stereocenters. The first-order valence-electron chi connectivity index (χ1n) is 3.59. The predicted octanol–water partition coefficient (Wildman–Crippen LogP) is 1.00. The zero-order chi connectivity index (χ0) is 9.07. The second kappa shape index (κ2) is 3.64. The third-order valence-electron chi connectivity index (χ3n) is 1.02. The molecule has 0 heterocycles. The summed E-state index contributed by atoms with van der Waals surface area (Å²) in [6.07, 6.45) is 0.597. The van der Waals surface area contributed by atoms with E-state index >= 15 is 0 Å². The molecular weight excluding hydrogens is 138 g/mol. The Labute approximate surface area is 68.2 Å². The Morgan fingerprint density at radius 3 is 2.18 bits per heavy atom. The lowest BCUT2D eigenvalue weighted by atomic mass is 10.1. The predicted molar refractivity (Wildman–Crippen MR) is 49.3 cm³/mol. The summed E-state index contributed by atoms with van der Waals surface area (Å²) < 4.78 is 0. The fourth-order valence-corrected chi connectivity index (χ4v) is 0.917. The average Bonchev–Trinajstić information content (AvgIpc) is 1.53. The normalized spacial score (nSPS) is 13.4. The van der Waals surface area contributed by atoms with Crippen molar-refractivity contribution in [3.8, 4) is 0 Å². The van der Waals surface area contributed by atoms with Crippen molar-refractivity contribution >= 4 is 5.71 Å². The van der Waals surface area contributed by atoms with E-state index in [0.717, 1.165) is 11.4 Å². The van der Waals surface area contributed by atoms with Crippen LogP contribution in [0.2, 0.25) is 0 Å². The first-order valence-corrected chi connectivity index (χ1v) is 3.59. The van der Waals surface area contributed by atoms with Gasteiger partial charge in [0, 0.05) is 17.8 Å². The SMILES string of the molecule is C=C(C)/N=C(/C)CC(C)(N)N. The van der Waals surface area contributed by atoms with E-state index in [1.165, 1.54) is 0 Å². The van der Waals surface area contributed by atoms with Crippen LogP contribution in [0, 0.1) is 0 Å². The van der Waals surface area contributed by atoms with Gasteiger partial charge in [0.2, 0.25) is 0 Å². The summed E-state index contributed by atoms with van der Waals surface area (Å²) in [5, 5.41) is 0. The molecule has 0 rings (SSSR count). The maximum Gasteiger partial charge on any atom is 0.0660 e. The molecule has 3 nitrogen and oxygen atoms in total. The average molecular weight is 155 g/mol. The number of hydrogen-bond donors (Lipinski definition) is 2. The molecule has 0 aromatic heterocycles. The highest BCUT2D eigenvalue weighted by molar-refractivity contribution is 5.83. The van der Waals surface area contributed by atoms with Crippen LogP contribution < -0.4 is 11.5 Å². The topological polar surface area (TPSA) is 64.4 Å². The van der Waals surface area contributed by atoms with Crippen LogP contribution in [0.4, 0.5) is 0 Å². The van der Waals surface area contributed by atoms with Crippen molar-refractivity contribution in [3.05, 3.63) is 12.3 Å². The Balaban J connectivity index is 4.07. The minimum atomic E-state index is -0.664. The van der Waals surface area contributed by atoms with Gasteiger partial charge in [-0.3, -0.25) is 4.99 Å². The first-order chi connectivity index (χ1) is 4.81. The van der Waals surface area contributed by atoms with Gasteiger partial charge in [-0.15, -0.1) is 0 Å². The van der Waals surface area contributed by atoms with E-state index in [1.54, 1.807) is 6.92 Å². The van der Waals surface area contributed by atoms with Gasteiger partial charge in [0.1, 0.15) is 0 Å². The molecule has 0 aliphatic rings. The molecule has 0 aliphatic heterocycles. The highest BCUT2D eigenvalue weighted by Gasteiger charge is 2.11. The van der Waals surface area contributed by atoms with Crippen LogP contribution in [0.5, 0.6) is 0 Å². The van der Waals surface area contributed by atoms with E-state index in [9.17, 15) is 0 Å². The smallest absolute Gasteiger partial charge is 0.0660 e. The van der Waals surface area contributed by atoms with Gasteiger partial charge in [0.05, 0.1) is 5.66 Å². The minimum Gasteiger partial charge on any atom is -0.313 e. The number of rotatable bonds is 3. The van der Waals surface area contributed by atoms with Crippen LogP contribution >= 0.6 is 0 Å². The van der Waals surface area contributed by atoms with Gasteiger partial charge >= 0.3 is 0 Å². The monoisotopic (exact) mass is 155 g/mol. The molecule has 0 aromatic carbocycles. The largest absolute Gasteiger partial charge is 0.313 e. The number of allylic oxidation sites excluding steroid dienone is 1.